The minimum atomic E-state index is -0.0164. The SMILES string of the molecule is NC1CCC(OCCCNC(=O)Cn2cccn2)CC1. The van der Waals surface area contributed by atoms with Crippen LogP contribution in [-0.4, -0.2) is 41.0 Å². The number of amides is 1. The molecule has 0 atom stereocenters. The molecule has 6 nitrogen and oxygen atoms in total. The van der Waals surface area contributed by atoms with Gasteiger partial charge in [0.2, 0.25) is 5.91 Å². The van der Waals surface area contributed by atoms with Crippen LogP contribution in [0.1, 0.15) is 32.1 Å². The second-order valence-corrected chi connectivity index (χ2v) is 5.31. The molecule has 20 heavy (non-hydrogen) atoms. The Balaban J connectivity index is 1.48. The van der Waals surface area contributed by atoms with Crippen molar-refractivity contribution in [2.45, 2.75) is 50.8 Å². The van der Waals surface area contributed by atoms with Gasteiger partial charge in [0.25, 0.3) is 0 Å². The van der Waals surface area contributed by atoms with Crippen molar-refractivity contribution in [3.8, 4) is 0 Å². The molecule has 0 radical (unpaired) electrons. The number of carbonyl (C=O) groups is 1. The van der Waals surface area contributed by atoms with E-state index in [9.17, 15) is 4.79 Å². The third kappa shape index (κ3) is 5.30. The van der Waals surface area contributed by atoms with E-state index in [1.807, 2.05) is 0 Å². The monoisotopic (exact) mass is 280 g/mol. The number of nitrogens with one attached hydrogen (secondary N) is 1. The van der Waals surface area contributed by atoms with Gasteiger partial charge >= 0.3 is 0 Å². The topological polar surface area (TPSA) is 82.2 Å². The quantitative estimate of drug-likeness (QED) is 0.719. The highest BCUT2D eigenvalue weighted by molar-refractivity contribution is 5.75. The fraction of sp³-hybridized carbons (Fsp3) is 0.714. The van der Waals surface area contributed by atoms with Gasteiger partial charge in [-0.15, -0.1) is 0 Å². The van der Waals surface area contributed by atoms with Crippen LogP contribution in [-0.2, 0) is 16.1 Å². The van der Waals surface area contributed by atoms with Gasteiger partial charge < -0.3 is 15.8 Å². The zero-order valence-corrected chi connectivity index (χ0v) is 11.8. The number of carbonyl (C=O) groups excluding carboxylic acids is 1. The normalized spacial score (nSPS) is 22.6. The van der Waals surface area contributed by atoms with Crippen LogP contribution in [0.5, 0.6) is 0 Å². The number of hydrogen-bond acceptors (Lipinski definition) is 4. The summed E-state index contributed by atoms with van der Waals surface area (Å²) in [4.78, 5) is 11.6. The van der Waals surface area contributed by atoms with Gasteiger partial charge in [-0.3, -0.25) is 9.48 Å². The summed E-state index contributed by atoms with van der Waals surface area (Å²) in [5.41, 5.74) is 5.85. The lowest BCUT2D eigenvalue weighted by Crippen LogP contribution is -2.31. The standard InChI is InChI=1S/C14H24N4O2/c15-12-3-5-13(6-4-12)20-10-2-7-16-14(19)11-18-9-1-8-17-18/h1,8-9,12-13H,2-7,10-11,15H2,(H,16,19). The van der Waals surface area contributed by atoms with Crippen LogP contribution in [0.15, 0.2) is 18.5 Å². The number of rotatable bonds is 7. The highest BCUT2D eigenvalue weighted by atomic mass is 16.5. The van der Waals surface area contributed by atoms with Gasteiger partial charge in [0, 0.05) is 31.6 Å². The summed E-state index contributed by atoms with van der Waals surface area (Å²) >= 11 is 0. The average molecular weight is 280 g/mol. The predicted molar refractivity (Wildman–Crippen MR) is 76.0 cm³/mol. The van der Waals surface area contributed by atoms with Crippen molar-refractivity contribution in [1.29, 1.82) is 0 Å². The number of hydrogen-bond donors (Lipinski definition) is 2. The molecule has 1 aliphatic carbocycles. The summed E-state index contributed by atoms with van der Waals surface area (Å²) in [5.74, 6) is -0.0164. The van der Waals surface area contributed by atoms with E-state index < -0.39 is 0 Å². The molecule has 1 heterocycles. The minimum Gasteiger partial charge on any atom is -0.378 e. The Hall–Kier alpha value is -1.40. The van der Waals surface area contributed by atoms with Crippen molar-refractivity contribution >= 4 is 5.91 Å². The van der Waals surface area contributed by atoms with Crippen LogP contribution in [0.2, 0.25) is 0 Å². The number of aromatic nitrogens is 2. The van der Waals surface area contributed by atoms with E-state index in [1.54, 1.807) is 23.1 Å². The highest BCUT2D eigenvalue weighted by Gasteiger charge is 2.18. The van der Waals surface area contributed by atoms with Crippen LogP contribution in [0.4, 0.5) is 0 Å². The maximum atomic E-state index is 11.6. The first-order chi connectivity index (χ1) is 9.74. The molecule has 6 heteroatoms. The van der Waals surface area contributed by atoms with Gasteiger partial charge in [0.05, 0.1) is 6.10 Å². The molecule has 1 aliphatic rings. The van der Waals surface area contributed by atoms with Crippen LogP contribution >= 0.6 is 0 Å². The molecule has 0 aliphatic heterocycles. The first kappa shape index (κ1) is 15.0. The maximum absolute atomic E-state index is 11.6. The highest BCUT2D eigenvalue weighted by Crippen LogP contribution is 2.19. The summed E-state index contributed by atoms with van der Waals surface area (Å²) in [6.07, 6.45) is 8.88. The fourth-order valence-electron chi connectivity index (χ4n) is 2.40. The lowest BCUT2D eigenvalue weighted by atomic mass is 9.94. The molecule has 0 saturated heterocycles. The third-order valence-corrected chi connectivity index (χ3v) is 3.58. The zero-order valence-electron chi connectivity index (χ0n) is 11.8. The van der Waals surface area contributed by atoms with Crippen molar-refractivity contribution in [1.82, 2.24) is 15.1 Å². The van der Waals surface area contributed by atoms with E-state index in [2.05, 4.69) is 10.4 Å². The van der Waals surface area contributed by atoms with Crippen molar-refractivity contribution in [2.24, 2.45) is 5.73 Å². The van der Waals surface area contributed by atoms with Gasteiger partial charge in [0.1, 0.15) is 6.54 Å². The number of nitrogens with two attached hydrogens (primary N) is 1. The van der Waals surface area contributed by atoms with E-state index in [1.165, 1.54) is 0 Å². The van der Waals surface area contributed by atoms with Crippen LogP contribution in [0.25, 0.3) is 0 Å². The first-order valence-corrected chi connectivity index (χ1v) is 7.35. The Kier molecular flexibility index (Phi) is 6.01. The number of nitrogens with zero attached hydrogens (tertiary/aromatic N) is 2. The van der Waals surface area contributed by atoms with Gasteiger partial charge in [-0.2, -0.15) is 5.10 Å². The predicted octanol–water partition coefficient (Wildman–Crippen LogP) is 0.676. The Morgan fingerprint density at radius 1 is 1.40 bits per heavy atom. The lowest BCUT2D eigenvalue weighted by molar-refractivity contribution is -0.121. The zero-order chi connectivity index (χ0) is 14.2. The first-order valence-electron chi connectivity index (χ1n) is 7.35. The third-order valence-electron chi connectivity index (χ3n) is 3.58. The van der Waals surface area contributed by atoms with Crippen molar-refractivity contribution in [3.05, 3.63) is 18.5 Å². The summed E-state index contributed by atoms with van der Waals surface area (Å²) in [5, 5.41) is 6.85. The Bertz CT molecular complexity index is 386. The molecular weight excluding hydrogens is 256 g/mol. The molecule has 1 fully saturated rings. The van der Waals surface area contributed by atoms with Crippen LogP contribution in [0, 0.1) is 0 Å². The van der Waals surface area contributed by atoms with E-state index >= 15 is 0 Å². The van der Waals surface area contributed by atoms with Gasteiger partial charge in [0.15, 0.2) is 0 Å². The van der Waals surface area contributed by atoms with Gasteiger partial charge in [-0.05, 0) is 38.2 Å². The fourth-order valence-corrected chi connectivity index (χ4v) is 2.40. The second-order valence-electron chi connectivity index (χ2n) is 5.31. The molecule has 1 amide bonds. The molecule has 0 unspecified atom stereocenters. The van der Waals surface area contributed by atoms with Gasteiger partial charge in [-0.1, -0.05) is 0 Å². The van der Waals surface area contributed by atoms with Crippen molar-refractivity contribution in [2.75, 3.05) is 13.2 Å². The molecule has 3 N–H and O–H groups in total. The van der Waals surface area contributed by atoms with Crippen LogP contribution < -0.4 is 11.1 Å². The smallest absolute Gasteiger partial charge is 0.241 e. The molecule has 1 aromatic heterocycles. The molecule has 1 aromatic rings. The van der Waals surface area contributed by atoms with Crippen molar-refractivity contribution in [3.63, 3.8) is 0 Å². The molecule has 0 spiro atoms. The largest absolute Gasteiger partial charge is 0.378 e. The summed E-state index contributed by atoms with van der Waals surface area (Å²) in [7, 11) is 0. The number of ether oxygens (including phenoxy) is 1. The molecule has 0 bridgehead atoms. The van der Waals surface area contributed by atoms with E-state index in [4.69, 9.17) is 10.5 Å². The molecule has 0 aromatic carbocycles. The summed E-state index contributed by atoms with van der Waals surface area (Å²) < 4.78 is 7.40. The van der Waals surface area contributed by atoms with E-state index in [-0.39, 0.29) is 12.5 Å². The van der Waals surface area contributed by atoms with Crippen molar-refractivity contribution < 1.29 is 9.53 Å². The lowest BCUT2D eigenvalue weighted by Gasteiger charge is -2.26. The Labute approximate surface area is 119 Å². The second kappa shape index (κ2) is 8.01. The van der Waals surface area contributed by atoms with Gasteiger partial charge in [-0.25, -0.2) is 0 Å². The molecular formula is C14H24N4O2. The average Bonchev–Trinajstić information content (AvgIpc) is 2.93. The Morgan fingerprint density at radius 3 is 2.90 bits per heavy atom. The molecule has 112 valence electrons. The molecule has 1 saturated carbocycles. The summed E-state index contributed by atoms with van der Waals surface area (Å²) in [6.45, 7) is 1.61. The Morgan fingerprint density at radius 2 is 2.20 bits per heavy atom. The molecule has 2 rings (SSSR count). The van der Waals surface area contributed by atoms with E-state index in [0.29, 0.717) is 25.3 Å². The summed E-state index contributed by atoms with van der Waals surface area (Å²) in [6, 6.07) is 2.16. The maximum Gasteiger partial charge on any atom is 0.241 e. The minimum absolute atomic E-state index is 0.0164. The van der Waals surface area contributed by atoms with Crippen LogP contribution in [0.3, 0.4) is 0 Å². The van der Waals surface area contributed by atoms with E-state index in [0.717, 1.165) is 32.1 Å².